The monoisotopic (exact) mass is 606 g/mol. The molecule has 6 nitrogen and oxygen atoms in total. The number of esters is 2. The van der Waals surface area contributed by atoms with Crippen LogP contribution in [-0.4, -0.2) is 38.4 Å². The van der Waals surface area contributed by atoms with E-state index in [4.69, 9.17) is 18.9 Å². The summed E-state index contributed by atoms with van der Waals surface area (Å²) < 4.78 is 23.8. The number of hydrogen-bond donors (Lipinski definition) is 0. The number of unbranched alkanes of at least 4 members (excludes halogenated alkanes) is 2. The quantitative estimate of drug-likeness (QED) is 0.0943. The predicted octanol–water partition coefficient (Wildman–Crippen LogP) is 9.39. The van der Waals surface area contributed by atoms with Crippen molar-refractivity contribution in [1.29, 1.82) is 0 Å². The van der Waals surface area contributed by atoms with E-state index in [-0.39, 0.29) is 25.2 Å². The average molecular weight is 607 g/mol. The second-order valence-corrected chi connectivity index (χ2v) is 11.9. The van der Waals surface area contributed by atoms with Gasteiger partial charge in [0.1, 0.15) is 11.5 Å². The van der Waals surface area contributed by atoms with Crippen molar-refractivity contribution in [1.82, 2.24) is 0 Å². The van der Waals surface area contributed by atoms with Crippen LogP contribution in [0.2, 0.25) is 0 Å². The molecule has 0 bridgehead atoms. The topological polar surface area (TPSA) is 71.1 Å². The van der Waals surface area contributed by atoms with Crippen molar-refractivity contribution in [2.75, 3.05) is 26.4 Å². The van der Waals surface area contributed by atoms with Gasteiger partial charge in [-0.15, -0.1) is 0 Å². The first-order chi connectivity index (χ1) is 21.4. The number of rotatable bonds is 20. The lowest BCUT2D eigenvalue weighted by Crippen LogP contribution is -2.20. The van der Waals surface area contributed by atoms with Crippen LogP contribution >= 0.6 is 0 Å². The standard InChI is InChI=1S/C38H54O6/c1-7-13-17-27(9-3)23-41-35(39)25-43-37-31-19-15-16-20-32(31)38(34-22-30(12-6)29(11-5)21-33(34)37)44-26-36(40)42-24-28(10-4)18-14-8-2/h15-16,19-22,27-28H,7-14,17-18,23-26H2,1-6H3. The Balaban J connectivity index is 1.90. The highest BCUT2D eigenvalue weighted by molar-refractivity contribution is 6.11. The van der Waals surface area contributed by atoms with Gasteiger partial charge in [0.25, 0.3) is 0 Å². The van der Waals surface area contributed by atoms with Gasteiger partial charge in [0.2, 0.25) is 0 Å². The second kappa shape index (κ2) is 18.5. The number of carbonyl (C=O) groups excluding carboxylic acids is 2. The van der Waals surface area contributed by atoms with E-state index in [0.29, 0.717) is 36.5 Å². The Bertz CT molecular complexity index is 1240. The summed E-state index contributed by atoms with van der Waals surface area (Å²) in [4.78, 5) is 25.6. The van der Waals surface area contributed by atoms with Crippen molar-refractivity contribution in [2.45, 2.75) is 106 Å². The molecule has 2 unspecified atom stereocenters. The highest BCUT2D eigenvalue weighted by Crippen LogP contribution is 2.44. The Morgan fingerprint density at radius 2 is 1.02 bits per heavy atom. The first-order valence-corrected chi connectivity index (χ1v) is 17.0. The third-order valence-corrected chi connectivity index (χ3v) is 8.72. The molecule has 0 spiro atoms. The molecule has 0 heterocycles. The molecule has 3 rings (SSSR count). The summed E-state index contributed by atoms with van der Waals surface area (Å²) in [6.07, 6.45) is 10.3. The number of benzene rings is 3. The summed E-state index contributed by atoms with van der Waals surface area (Å²) >= 11 is 0. The largest absolute Gasteiger partial charge is 0.481 e. The molecule has 0 aliphatic rings. The summed E-state index contributed by atoms with van der Waals surface area (Å²) in [6.45, 7) is 13.4. The molecule has 0 saturated heterocycles. The number of fused-ring (bicyclic) bond motifs is 2. The smallest absolute Gasteiger partial charge is 0.344 e. The lowest BCUT2D eigenvalue weighted by Gasteiger charge is -2.20. The van der Waals surface area contributed by atoms with E-state index >= 15 is 0 Å². The minimum Gasteiger partial charge on any atom is -0.481 e. The highest BCUT2D eigenvalue weighted by atomic mass is 16.6. The number of ether oxygens (including phenoxy) is 4. The molecule has 242 valence electrons. The summed E-state index contributed by atoms with van der Waals surface area (Å²) in [7, 11) is 0. The van der Waals surface area contributed by atoms with Gasteiger partial charge in [-0.3, -0.25) is 0 Å². The first kappa shape index (κ1) is 35.2. The van der Waals surface area contributed by atoms with E-state index in [1.165, 1.54) is 11.1 Å². The molecule has 3 aromatic rings. The molecule has 0 aliphatic heterocycles. The van der Waals surface area contributed by atoms with Gasteiger partial charge in [-0.25, -0.2) is 9.59 Å². The molecule has 0 amide bonds. The van der Waals surface area contributed by atoms with Crippen molar-refractivity contribution < 1.29 is 28.5 Å². The van der Waals surface area contributed by atoms with E-state index in [9.17, 15) is 9.59 Å². The lowest BCUT2D eigenvalue weighted by atomic mass is 9.93. The average Bonchev–Trinajstić information content (AvgIpc) is 3.05. The Morgan fingerprint density at radius 1 is 0.614 bits per heavy atom. The van der Waals surface area contributed by atoms with E-state index in [1.54, 1.807) is 0 Å². The van der Waals surface area contributed by atoms with Crippen molar-refractivity contribution in [3.8, 4) is 11.5 Å². The van der Waals surface area contributed by atoms with Crippen molar-refractivity contribution in [2.24, 2.45) is 11.8 Å². The summed E-state index contributed by atoms with van der Waals surface area (Å²) in [6, 6.07) is 12.1. The Kier molecular flexibility index (Phi) is 14.8. The van der Waals surface area contributed by atoms with Crippen LogP contribution in [0.4, 0.5) is 0 Å². The van der Waals surface area contributed by atoms with Gasteiger partial charge in [0.05, 0.1) is 13.2 Å². The van der Waals surface area contributed by atoms with Crippen LogP contribution < -0.4 is 9.47 Å². The second-order valence-electron chi connectivity index (χ2n) is 11.9. The SMILES string of the molecule is CCCCC(CC)COC(=O)COc1c2ccccc2c(OCC(=O)OCC(CC)CCCC)c2cc(CC)c(CC)cc12. The normalized spacial score (nSPS) is 12.7. The fourth-order valence-electron chi connectivity index (χ4n) is 5.77. The number of hydrogen-bond acceptors (Lipinski definition) is 6. The summed E-state index contributed by atoms with van der Waals surface area (Å²) in [5.41, 5.74) is 2.43. The van der Waals surface area contributed by atoms with Crippen LogP contribution in [-0.2, 0) is 31.9 Å². The number of carbonyl (C=O) groups is 2. The van der Waals surface area contributed by atoms with Gasteiger partial charge in [-0.05, 0) is 60.8 Å². The molecule has 0 aliphatic carbocycles. The van der Waals surface area contributed by atoms with Crippen LogP contribution in [0.5, 0.6) is 11.5 Å². The molecule has 6 heteroatoms. The van der Waals surface area contributed by atoms with Crippen molar-refractivity contribution in [3.63, 3.8) is 0 Å². The minimum absolute atomic E-state index is 0.177. The zero-order valence-electron chi connectivity index (χ0n) is 28.0. The van der Waals surface area contributed by atoms with Crippen LogP contribution in [0.3, 0.4) is 0 Å². The zero-order valence-corrected chi connectivity index (χ0v) is 28.0. The van der Waals surface area contributed by atoms with E-state index in [1.807, 2.05) is 24.3 Å². The predicted molar refractivity (Wildman–Crippen MR) is 180 cm³/mol. The van der Waals surface area contributed by atoms with E-state index < -0.39 is 0 Å². The van der Waals surface area contributed by atoms with Crippen LogP contribution in [0, 0.1) is 11.8 Å². The van der Waals surface area contributed by atoms with E-state index in [2.05, 4.69) is 53.7 Å². The first-order valence-electron chi connectivity index (χ1n) is 17.0. The van der Waals surface area contributed by atoms with Crippen molar-refractivity contribution >= 4 is 33.5 Å². The van der Waals surface area contributed by atoms with Gasteiger partial charge in [0.15, 0.2) is 13.2 Å². The van der Waals surface area contributed by atoms with Crippen LogP contribution in [0.25, 0.3) is 21.5 Å². The third-order valence-electron chi connectivity index (χ3n) is 8.72. The minimum atomic E-state index is -0.370. The molecule has 3 aromatic carbocycles. The Hall–Kier alpha value is -3.28. The maximum absolute atomic E-state index is 12.8. The molecular weight excluding hydrogens is 552 g/mol. The molecule has 44 heavy (non-hydrogen) atoms. The molecule has 2 atom stereocenters. The molecular formula is C38H54O6. The molecule has 0 aromatic heterocycles. The maximum atomic E-state index is 12.8. The lowest BCUT2D eigenvalue weighted by molar-refractivity contribution is -0.148. The van der Waals surface area contributed by atoms with Gasteiger partial charge >= 0.3 is 11.9 Å². The molecule has 0 radical (unpaired) electrons. The van der Waals surface area contributed by atoms with Gasteiger partial charge in [-0.2, -0.15) is 0 Å². The van der Waals surface area contributed by atoms with Gasteiger partial charge in [0, 0.05) is 21.5 Å². The van der Waals surface area contributed by atoms with Gasteiger partial charge in [-0.1, -0.05) is 104 Å². The zero-order chi connectivity index (χ0) is 31.9. The molecule has 0 fully saturated rings. The fraction of sp³-hybridized carbons (Fsp3) is 0.579. The van der Waals surface area contributed by atoms with Crippen LogP contribution in [0.15, 0.2) is 36.4 Å². The van der Waals surface area contributed by atoms with Crippen LogP contribution in [0.1, 0.15) is 104 Å². The van der Waals surface area contributed by atoms with E-state index in [0.717, 1.165) is 85.8 Å². The Morgan fingerprint density at radius 3 is 1.36 bits per heavy atom. The molecule has 0 saturated carbocycles. The summed E-state index contributed by atoms with van der Waals surface area (Å²) in [5, 5.41) is 3.35. The highest BCUT2D eigenvalue weighted by Gasteiger charge is 2.21. The third kappa shape index (κ3) is 9.61. The molecule has 0 N–H and O–H groups in total. The fourth-order valence-corrected chi connectivity index (χ4v) is 5.77. The number of aryl methyl sites for hydroxylation is 2. The summed E-state index contributed by atoms with van der Waals surface area (Å²) in [5.74, 6) is 1.25. The van der Waals surface area contributed by atoms with Crippen molar-refractivity contribution in [3.05, 3.63) is 47.5 Å². The maximum Gasteiger partial charge on any atom is 0.344 e. The Labute approximate surface area is 264 Å². The van der Waals surface area contributed by atoms with Gasteiger partial charge < -0.3 is 18.9 Å².